The van der Waals surface area contributed by atoms with E-state index in [-0.39, 0.29) is 11.8 Å². The van der Waals surface area contributed by atoms with E-state index in [1.54, 1.807) is 19.1 Å². The Labute approximate surface area is 125 Å². The Kier molecular flexibility index (Phi) is 4.32. The van der Waals surface area contributed by atoms with Crippen molar-refractivity contribution in [1.82, 2.24) is 10.2 Å². The Bertz CT molecular complexity index is 535. The number of rotatable bonds is 6. The van der Waals surface area contributed by atoms with E-state index >= 15 is 0 Å². The highest BCUT2D eigenvalue weighted by Crippen LogP contribution is 2.39. The number of benzene rings is 1. The van der Waals surface area contributed by atoms with Crippen molar-refractivity contribution in [2.24, 2.45) is 5.92 Å². The van der Waals surface area contributed by atoms with Gasteiger partial charge in [-0.15, -0.1) is 0 Å². The van der Waals surface area contributed by atoms with Gasteiger partial charge in [0.1, 0.15) is 5.54 Å². The van der Waals surface area contributed by atoms with Gasteiger partial charge in [0.05, 0.1) is 0 Å². The number of carbonyl (C=O) groups is 2. The van der Waals surface area contributed by atoms with Crippen LogP contribution in [0.15, 0.2) is 24.3 Å². The lowest BCUT2D eigenvalue weighted by atomic mass is 9.95. The molecule has 5 nitrogen and oxygen atoms in total. The lowest BCUT2D eigenvalue weighted by Gasteiger charge is -2.26. The number of hydrogen-bond donors (Lipinski definition) is 2. The number of carboxylic acid groups (broad SMARTS) is 1. The summed E-state index contributed by atoms with van der Waals surface area (Å²) in [6, 6.07) is 7.26. The molecule has 1 aliphatic carbocycles. The maximum Gasteiger partial charge on any atom is 0.329 e. The summed E-state index contributed by atoms with van der Waals surface area (Å²) in [5.41, 5.74) is 0.435. The van der Waals surface area contributed by atoms with Crippen LogP contribution in [0.3, 0.4) is 0 Å². The van der Waals surface area contributed by atoms with Crippen molar-refractivity contribution in [2.45, 2.75) is 31.8 Å². The lowest BCUT2D eigenvalue weighted by molar-refractivity contribution is -0.144. The standard InChI is InChI=1S/C16H22N2O3/c1-16(15(20)21,13-8-9-13)17-14(19)12-6-4-11(5-7-12)10-18(2)3/h4-7,13H,8-10H2,1-3H3,(H,17,19)(H,20,21). The number of aliphatic carboxylic acids is 1. The van der Waals surface area contributed by atoms with E-state index in [0.29, 0.717) is 5.56 Å². The van der Waals surface area contributed by atoms with Gasteiger partial charge in [-0.25, -0.2) is 4.79 Å². The van der Waals surface area contributed by atoms with E-state index in [2.05, 4.69) is 5.32 Å². The monoisotopic (exact) mass is 290 g/mol. The molecular weight excluding hydrogens is 268 g/mol. The lowest BCUT2D eigenvalue weighted by Crippen LogP contribution is -2.54. The normalized spacial score (nSPS) is 17.3. The highest BCUT2D eigenvalue weighted by molar-refractivity contribution is 5.98. The summed E-state index contributed by atoms with van der Waals surface area (Å²) in [5, 5.41) is 12.0. The molecule has 0 aliphatic heterocycles. The first-order valence-corrected chi connectivity index (χ1v) is 7.12. The Balaban J connectivity index is 2.07. The molecule has 0 radical (unpaired) electrons. The minimum atomic E-state index is -1.17. The van der Waals surface area contributed by atoms with Gasteiger partial charge >= 0.3 is 5.97 Å². The molecule has 1 atom stereocenters. The molecule has 0 aromatic heterocycles. The smallest absolute Gasteiger partial charge is 0.329 e. The van der Waals surface area contributed by atoms with Gasteiger partial charge in [-0.3, -0.25) is 4.79 Å². The molecule has 0 saturated heterocycles. The number of carbonyl (C=O) groups excluding carboxylic acids is 1. The third-order valence-corrected chi connectivity index (χ3v) is 3.93. The highest BCUT2D eigenvalue weighted by Gasteiger charge is 2.48. The topological polar surface area (TPSA) is 69.6 Å². The van der Waals surface area contributed by atoms with Crippen LogP contribution in [0.25, 0.3) is 0 Å². The van der Waals surface area contributed by atoms with Crippen molar-refractivity contribution >= 4 is 11.9 Å². The average Bonchev–Trinajstić information content (AvgIpc) is 3.22. The second-order valence-electron chi connectivity index (χ2n) is 6.17. The fourth-order valence-electron chi connectivity index (χ4n) is 2.43. The van der Waals surface area contributed by atoms with Crippen LogP contribution in [0.5, 0.6) is 0 Å². The fourth-order valence-corrected chi connectivity index (χ4v) is 2.43. The Morgan fingerprint density at radius 3 is 2.29 bits per heavy atom. The van der Waals surface area contributed by atoms with Crippen LogP contribution in [-0.4, -0.2) is 41.5 Å². The second kappa shape index (κ2) is 5.85. The summed E-state index contributed by atoms with van der Waals surface area (Å²) < 4.78 is 0. The van der Waals surface area contributed by atoms with Gasteiger partial charge in [-0.2, -0.15) is 0 Å². The maximum absolute atomic E-state index is 12.2. The highest BCUT2D eigenvalue weighted by atomic mass is 16.4. The Morgan fingerprint density at radius 2 is 1.86 bits per heavy atom. The molecule has 1 aliphatic rings. The minimum absolute atomic E-state index is 0.0342. The molecule has 0 bridgehead atoms. The number of amides is 1. The summed E-state index contributed by atoms with van der Waals surface area (Å²) >= 11 is 0. The largest absolute Gasteiger partial charge is 0.480 e. The van der Waals surface area contributed by atoms with Crippen LogP contribution < -0.4 is 5.32 Å². The predicted octanol–water partition coefficient (Wildman–Crippen LogP) is 1.73. The fraction of sp³-hybridized carbons (Fsp3) is 0.500. The molecule has 114 valence electrons. The molecular formula is C16H22N2O3. The molecule has 0 heterocycles. The summed E-state index contributed by atoms with van der Waals surface area (Å²) in [7, 11) is 3.96. The summed E-state index contributed by atoms with van der Waals surface area (Å²) in [4.78, 5) is 25.7. The van der Waals surface area contributed by atoms with Crippen LogP contribution in [-0.2, 0) is 11.3 Å². The van der Waals surface area contributed by atoms with Crippen LogP contribution in [0, 0.1) is 5.92 Å². The first kappa shape index (κ1) is 15.5. The Hall–Kier alpha value is -1.88. The quantitative estimate of drug-likeness (QED) is 0.837. The van der Waals surface area contributed by atoms with Crippen LogP contribution in [0.1, 0.15) is 35.7 Å². The molecule has 5 heteroatoms. The van der Waals surface area contributed by atoms with E-state index in [0.717, 1.165) is 24.9 Å². The van der Waals surface area contributed by atoms with Gasteiger partial charge in [0.2, 0.25) is 0 Å². The zero-order valence-corrected chi connectivity index (χ0v) is 12.7. The third kappa shape index (κ3) is 3.61. The molecule has 1 unspecified atom stereocenters. The van der Waals surface area contributed by atoms with E-state index in [9.17, 15) is 14.7 Å². The number of hydrogen-bond acceptors (Lipinski definition) is 3. The van der Waals surface area contributed by atoms with Gasteiger partial charge in [-0.1, -0.05) is 12.1 Å². The van der Waals surface area contributed by atoms with E-state index in [1.807, 2.05) is 31.1 Å². The van der Waals surface area contributed by atoms with Gasteiger partial charge in [0, 0.05) is 12.1 Å². The second-order valence-corrected chi connectivity index (χ2v) is 6.17. The Morgan fingerprint density at radius 1 is 1.29 bits per heavy atom. The van der Waals surface area contributed by atoms with Crippen molar-refractivity contribution in [3.63, 3.8) is 0 Å². The van der Waals surface area contributed by atoms with Gasteiger partial charge in [0.15, 0.2) is 0 Å². The average molecular weight is 290 g/mol. The van der Waals surface area contributed by atoms with Crippen LogP contribution in [0.4, 0.5) is 0 Å². The molecule has 1 aromatic rings. The van der Waals surface area contributed by atoms with Gasteiger partial charge in [0.25, 0.3) is 5.91 Å². The van der Waals surface area contributed by atoms with Gasteiger partial charge < -0.3 is 15.3 Å². The predicted molar refractivity (Wildman–Crippen MR) is 80.1 cm³/mol. The number of nitrogens with zero attached hydrogens (tertiary/aromatic N) is 1. The van der Waals surface area contributed by atoms with Crippen molar-refractivity contribution < 1.29 is 14.7 Å². The molecule has 0 spiro atoms. The minimum Gasteiger partial charge on any atom is -0.480 e. The van der Waals surface area contributed by atoms with Crippen molar-refractivity contribution in [2.75, 3.05) is 14.1 Å². The molecule has 2 rings (SSSR count). The molecule has 2 N–H and O–H groups in total. The molecule has 1 amide bonds. The zero-order chi connectivity index (χ0) is 15.6. The summed E-state index contributed by atoms with van der Waals surface area (Å²) in [5.74, 6) is -1.27. The SMILES string of the molecule is CN(C)Cc1ccc(C(=O)NC(C)(C(=O)O)C2CC2)cc1. The van der Waals surface area contributed by atoms with E-state index < -0.39 is 11.5 Å². The number of nitrogens with one attached hydrogen (secondary N) is 1. The third-order valence-electron chi connectivity index (χ3n) is 3.93. The van der Waals surface area contributed by atoms with E-state index in [4.69, 9.17) is 0 Å². The zero-order valence-electron chi connectivity index (χ0n) is 12.7. The first-order chi connectivity index (χ1) is 9.83. The van der Waals surface area contributed by atoms with Crippen molar-refractivity contribution in [3.05, 3.63) is 35.4 Å². The molecule has 1 saturated carbocycles. The van der Waals surface area contributed by atoms with Crippen molar-refractivity contribution in [1.29, 1.82) is 0 Å². The van der Waals surface area contributed by atoms with Crippen molar-refractivity contribution in [3.8, 4) is 0 Å². The number of carboxylic acids is 1. The summed E-state index contributed by atoms with van der Waals surface area (Å²) in [6.45, 7) is 2.39. The molecule has 1 fully saturated rings. The first-order valence-electron chi connectivity index (χ1n) is 7.12. The van der Waals surface area contributed by atoms with Gasteiger partial charge in [-0.05, 0) is 57.5 Å². The molecule has 1 aromatic carbocycles. The van der Waals surface area contributed by atoms with Crippen LogP contribution >= 0.6 is 0 Å². The summed E-state index contributed by atoms with van der Waals surface area (Å²) in [6.07, 6.45) is 1.70. The van der Waals surface area contributed by atoms with E-state index in [1.165, 1.54) is 0 Å². The molecule has 21 heavy (non-hydrogen) atoms. The van der Waals surface area contributed by atoms with Crippen LogP contribution in [0.2, 0.25) is 0 Å². The maximum atomic E-state index is 12.2.